The van der Waals surface area contributed by atoms with E-state index in [2.05, 4.69) is 16.2 Å². The summed E-state index contributed by atoms with van der Waals surface area (Å²) in [5, 5.41) is 2.65. The number of benzene rings is 2. The molecule has 0 aliphatic carbocycles. The lowest BCUT2D eigenvalue weighted by Crippen LogP contribution is -2.44. The van der Waals surface area contributed by atoms with Crippen molar-refractivity contribution in [2.45, 2.75) is 26.3 Å². The molecule has 0 spiro atoms. The lowest BCUT2D eigenvalue weighted by Gasteiger charge is -2.10. The van der Waals surface area contributed by atoms with Gasteiger partial charge in [0, 0.05) is 18.7 Å². The van der Waals surface area contributed by atoms with Crippen molar-refractivity contribution in [2.75, 3.05) is 5.32 Å². The summed E-state index contributed by atoms with van der Waals surface area (Å²) in [7, 11) is 0. The SMILES string of the molecule is Cc1ccccc1NC(=O)NNC(=O)CCCn1c(=O)oc2ccccc21. The molecular weight excluding hydrogens is 348 g/mol. The number of rotatable bonds is 5. The molecule has 0 unspecified atom stereocenters. The number of aromatic nitrogens is 1. The molecule has 140 valence electrons. The second kappa shape index (κ2) is 8.22. The van der Waals surface area contributed by atoms with Gasteiger partial charge in [0.25, 0.3) is 0 Å². The number of anilines is 1. The van der Waals surface area contributed by atoms with Gasteiger partial charge in [0.1, 0.15) is 0 Å². The number of carbonyl (C=O) groups is 2. The van der Waals surface area contributed by atoms with Gasteiger partial charge in [0.15, 0.2) is 5.58 Å². The Morgan fingerprint density at radius 1 is 1.04 bits per heavy atom. The van der Waals surface area contributed by atoms with Crippen molar-refractivity contribution in [1.29, 1.82) is 0 Å². The Morgan fingerprint density at radius 2 is 1.78 bits per heavy atom. The van der Waals surface area contributed by atoms with E-state index < -0.39 is 11.8 Å². The van der Waals surface area contributed by atoms with Crippen LogP contribution in [0.5, 0.6) is 0 Å². The second-order valence-corrected chi connectivity index (χ2v) is 6.03. The maximum absolute atomic E-state index is 11.9. The molecule has 1 aromatic heterocycles. The summed E-state index contributed by atoms with van der Waals surface area (Å²) in [5.74, 6) is -0.803. The van der Waals surface area contributed by atoms with Crippen LogP contribution in [0.3, 0.4) is 0 Å². The van der Waals surface area contributed by atoms with Gasteiger partial charge in [-0.3, -0.25) is 14.8 Å². The number of nitrogens with one attached hydrogen (secondary N) is 3. The largest absolute Gasteiger partial charge is 0.419 e. The van der Waals surface area contributed by atoms with Gasteiger partial charge >= 0.3 is 11.8 Å². The molecule has 2 aromatic carbocycles. The molecule has 8 heteroatoms. The number of para-hydroxylation sites is 3. The first-order chi connectivity index (χ1) is 13.0. The zero-order chi connectivity index (χ0) is 19.2. The first kappa shape index (κ1) is 18.2. The number of oxazole rings is 1. The van der Waals surface area contributed by atoms with Gasteiger partial charge in [-0.25, -0.2) is 15.0 Å². The molecule has 3 N–H and O–H groups in total. The fraction of sp³-hybridized carbons (Fsp3) is 0.211. The average Bonchev–Trinajstić information content (AvgIpc) is 2.97. The molecule has 1 heterocycles. The highest BCUT2D eigenvalue weighted by atomic mass is 16.4. The van der Waals surface area contributed by atoms with Crippen LogP contribution >= 0.6 is 0 Å². The quantitative estimate of drug-likeness (QED) is 0.602. The van der Waals surface area contributed by atoms with E-state index in [1.165, 1.54) is 4.57 Å². The van der Waals surface area contributed by atoms with Crippen molar-refractivity contribution in [3.63, 3.8) is 0 Å². The number of hydrogen-bond acceptors (Lipinski definition) is 4. The molecule has 3 aromatic rings. The molecule has 0 aliphatic rings. The number of hydrazine groups is 1. The van der Waals surface area contributed by atoms with E-state index in [0.717, 1.165) is 5.56 Å². The van der Waals surface area contributed by atoms with Gasteiger partial charge in [-0.1, -0.05) is 30.3 Å². The number of urea groups is 1. The smallest absolute Gasteiger partial charge is 0.408 e. The molecule has 27 heavy (non-hydrogen) atoms. The van der Waals surface area contributed by atoms with Crippen molar-refractivity contribution in [3.8, 4) is 0 Å². The molecule has 8 nitrogen and oxygen atoms in total. The molecule has 0 saturated heterocycles. The summed E-state index contributed by atoms with van der Waals surface area (Å²) in [4.78, 5) is 35.6. The van der Waals surface area contributed by atoms with E-state index in [0.29, 0.717) is 29.8 Å². The van der Waals surface area contributed by atoms with Gasteiger partial charge in [0.05, 0.1) is 5.52 Å². The van der Waals surface area contributed by atoms with Crippen LogP contribution in [0, 0.1) is 6.92 Å². The molecule has 0 atom stereocenters. The maximum atomic E-state index is 11.9. The van der Waals surface area contributed by atoms with Gasteiger partial charge in [-0.15, -0.1) is 0 Å². The number of fused-ring (bicyclic) bond motifs is 1. The van der Waals surface area contributed by atoms with E-state index in [1.54, 1.807) is 24.3 Å². The Morgan fingerprint density at radius 3 is 2.59 bits per heavy atom. The summed E-state index contributed by atoms with van der Waals surface area (Å²) in [6.07, 6.45) is 0.576. The van der Waals surface area contributed by atoms with E-state index in [1.807, 2.05) is 31.2 Å². The van der Waals surface area contributed by atoms with Crippen molar-refractivity contribution in [3.05, 3.63) is 64.6 Å². The van der Waals surface area contributed by atoms with Crippen LogP contribution in [0.1, 0.15) is 18.4 Å². The molecule has 0 fully saturated rings. The van der Waals surface area contributed by atoms with Crippen molar-refractivity contribution in [2.24, 2.45) is 0 Å². The van der Waals surface area contributed by atoms with Crippen molar-refractivity contribution in [1.82, 2.24) is 15.4 Å². The minimum Gasteiger partial charge on any atom is -0.408 e. The van der Waals surface area contributed by atoms with Crippen LogP contribution in [0.2, 0.25) is 0 Å². The molecular formula is C19H20N4O4. The first-order valence-corrected chi connectivity index (χ1v) is 8.54. The fourth-order valence-corrected chi connectivity index (χ4v) is 2.68. The van der Waals surface area contributed by atoms with Gasteiger partial charge in [-0.2, -0.15) is 0 Å². The zero-order valence-electron chi connectivity index (χ0n) is 14.8. The highest BCUT2D eigenvalue weighted by Gasteiger charge is 2.10. The third-order valence-electron chi connectivity index (χ3n) is 4.07. The second-order valence-electron chi connectivity index (χ2n) is 6.03. The van der Waals surface area contributed by atoms with Crippen LogP contribution in [-0.4, -0.2) is 16.5 Å². The van der Waals surface area contributed by atoms with E-state index >= 15 is 0 Å². The Kier molecular flexibility index (Phi) is 5.55. The third-order valence-corrected chi connectivity index (χ3v) is 4.07. The molecule has 0 bridgehead atoms. The Bertz CT molecular complexity index is 1020. The molecule has 3 rings (SSSR count). The minimum atomic E-state index is -0.533. The summed E-state index contributed by atoms with van der Waals surface area (Å²) >= 11 is 0. The van der Waals surface area contributed by atoms with Crippen LogP contribution in [-0.2, 0) is 11.3 Å². The molecule has 0 radical (unpaired) electrons. The number of carbonyl (C=O) groups excluding carboxylic acids is 2. The fourth-order valence-electron chi connectivity index (χ4n) is 2.68. The van der Waals surface area contributed by atoms with Crippen LogP contribution < -0.4 is 21.9 Å². The summed E-state index contributed by atoms with van der Waals surface area (Å²) in [6, 6.07) is 13.9. The van der Waals surface area contributed by atoms with E-state index in [-0.39, 0.29) is 12.3 Å². The number of aryl methyl sites for hydroxylation is 2. The first-order valence-electron chi connectivity index (χ1n) is 8.54. The Hall–Kier alpha value is -3.55. The number of hydrogen-bond donors (Lipinski definition) is 3. The van der Waals surface area contributed by atoms with E-state index in [9.17, 15) is 14.4 Å². The predicted octanol–water partition coefficient (Wildman–Crippen LogP) is 2.54. The summed E-state index contributed by atoms with van der Waals surface area (Å²) in [5.41, 5.74) is 7.43. The lowest BCUT2D eigenvalue weighted by molar-refractivity contribution is -0.121. The van der Waals surface area contributed by atoms with Gasteiger partial charge < -0.3 is 9.73 Å². The lowest BCUT2D eigenvalue weighted by atomic mass is 10.2. The van der Waals surface area contributed by atoms with Crippen LogP contribution in [0.25, 0.3) is 11.1 Å². The molecule has 3 amide bonds. The van der Waals surface area contributed by atoms with Gasteiger partial charge in [0.2, 0.25) is 5.91 Å². The highest BCUT2D eigenvalue weighted by molar-refractivity contribution is 5.91. The van der Waals surface area contributed by atoms with Crippen LogP contribution in [0.4, 0.5) is 10.5 Å². The topological polar surface area (TPSA) is 105 Å². The number of nitrogens with zero attached hydrogens (tertiary/aromatic N) is 1. The summed E-state index contributed by atoms with van der Waals surface area (Å²) < 4.78 is 6.63. The van der Waals surface area contributed by atoms with E-state index in [4.69, 9.17) is 4.42 Å². The predicted molar refractivity (Wildman–Crippen MR) is 101 cm³/mol. The molecule has 0 saturated carbocycles. The van der Waals surface area contributed by atoms with Crippen LogP contribution in [0.15, 0.2) is 57.7 Å². The standard InChI is InChI=1S/C19H20N4O4/c1-13-7-2-3-8-14(13)20-18(25)22-21-17(24)11-6-12-23-15-9-4-5-10-16(15)27-19(23)26/h2-5,7-10H,6,11-12H2,1H3,(H,21,24)(H2,20,22,25). The van der Waals surface area contributed by atoms with Crippen molar-refractivity contribution < 1.29 is 14.0 Å². The minimum absolute atomic E-state index is 0.149. The maximum Gasteiger partial charge on any atom is 0.419 e. The van der Waals surface area contributed by atoms with Crippen molar-refractivity contribution >= 4 is 28.7 Å². The summed E-state index contributed by atoms with van der Waals surface area (Å²) in [6.45, 7) is 2.22. The average molecular weight is 368 g/mol. The molecule has 0 aliphatic heterocycles. The van der Waals surface area contributed by atoms with Gasteiger partial charge in [-0.05, 0) is 37.1 Å². The zero-order valence-corrected chi connectivity index (χ0v) is 14.8. The Labute approximate surface area is 155 Å². The third kappa shape index (κ3) is 4.55. The highest BCUT2D eigenvalue weighted by Crippen LogP contribution is 2.13. The normalized spacial score (nSPS) is 10.6. The number of amides is 3. The monoisotopic (exact) mass is 368 g/mol. The Balaban J connectivity index is 1.44.